The lowest BCUT2D eigenvalue weighted by atomic mass is 10.1. The van der Waals surface area contributed by atoms with E-state index in [4.69, 9.17) is 0 Å². The molecule has 3 aromatic carbocycles. The molecule has 0 heterocycles. The lowest BCUT2D eigenvalue weighted by Gasteiger charge is -2.13. The highest BCUT2D eigenvalue weighted by Crippen LogP contribution is 2.21. The van der Waals surface area contributed by atoms with Crippen LogP contribution in [-0.4, -0.2) is 30.8 Å². The summed E-state index contributed by atoms with van der Waals surface area (Å²) in [5.74, 6) is -0.645. The Morgan fingerprint density at radius 1 is 0.750 bits per heavy atom. The molecule has 0 saturated heterocycles. The average molecular weight is 431 g/mol. The summed E-state index contributed by atoms with van der Waals surface area (Å²) in [6, 6.07) is 21.2. The van der Waals surface area contributed by atoms with Gasteiger partial charge in [-0.05, 0) is 61.9 Å². The number of carbonyl (C=O) groups excluding carboxylic acids is 3. The lowest BCUT2D eigenvalue weighted by molar-refractivity contribution is -0.114. The predicted molar refractivity (Wildman–Crippen MR) is 127 cm³/mol. The summed E-state index contributed by atoms with van der Waals surface area (Å²) >= 11 is 0. The molecule has 164 valence electrons. The Labute approximate surface area is 187 Å². The van der Waals surface area contributed by atoms with Crippen LogP contribution in [0.5, 0.6) is 0 Å². The Kier molecular flexibility index (Phi) is 7.59. The molecular formula is C25H26N4O3. The standard InChI is InChI=1S/C25H26N4O3/c1-3-26-24(31)19-10-7-11-20(14-19)28-23(30)16-27-22-15-21(13-12-17(22)2)29-25(32)18-8-5-4-6-9-18/h4-15,27H,3,16H2,1-2H3,(H,26,31)(H,28,30)(H,29,32). The molecule has 32 heavy (non-hydrogen) atoms. The zero-order valence-corrected chi connectivity index (χ0v) is 18.1. The van der Waals surface area contributed by atoms with Crippen molar-refractivity contribution in [2.75, 3.05) is 29.0 Å². The number of carbonyl (C=O) groups is 3. The van der Waals surface area contributed by atoms with Gasteiger partial charge in [0.1, 0.15) is 0 Å². The van der Waals surface area contributed by atoms with Crippen LogP contribution in [0, 0.1) is 6.92 Å². The smallest absolute Gasteiger partial charge is 0.255 e. The first-order valence-electron chi connectivity index (χ1n) is 10.4. The molecule has 0 atom stereocenters. The zero-order chi connectivity index (χ0) is 22.9. The van der Waals surface area contributed by atoms with Crippen LogP contribution in [0.2, 0.25) is 0 Å². The fourth-order valence-electron chi connectivity index (χ4n) is 3.06. The minimum atomic E-state index is -0.254. The van der Waals surface area contributed by atoms with Crippen LogP contribution in [-0.2, 0) is 4.79 Å². The molecule has 0 unspecified atom stereocenters. The number of rotatable bonds is 8. The highest BCUT2D eigenvalue weighted by atomic mass is 16.2. The fourth-order valence-corrected chi connectivity index (χ4v) is 3.06. The minimum Gasteiger partial charge on any atom is -0.376 e. The third-order valence-electron chi connectivity index (χ3n) is 4.72. The predicted octanol–water partition coefficient (Wildman–Crippen LogP) is 4.05. The minimum absolute atomic E-state index is 0.0301. The first kappa shape index (κ1) is 22.6. The van der Waals surface area contributed by atoms with E-state index in [1.54, 1.807) is 42.5 Å². The summed E-state index contributed by atoms with van der Waals surface area (Å²) < 4.78 is 0. The summed E-state index contributed by atoms with van der Waals surface area (Å²) in [5.41, 5.74) is 3.89. The third kappa shape index (κ3) is 6.18. The summed E-state index contributed by atoms with van der Waals surface area (Å²) in [6.45, 7) is 4.32. The van der Waals surface area contributed by atoms with Crippen LogP contribution >= 0.6 is 0 Å². The monoisotopic (exact) mass is 430 g/mol. The maximum absolute atomic E-state index is 12.4. The van der Waals surface area contributed by atoms with Gasteiger partial charge in [-0.1, -0.05) is 30.3 Å². The van der Waals surface area contributed by atoms with E-state index in [-0.39, 0.29) is 24.3 Å². The van der Waals surface area contributed by atoms with Crippen molar-refractivity contribution >= 4 is 34.8 Å². The van der Waals surface area contributed by atoms with Crippen LogP contribution in [0.25, 0.3) is 0 Å². The van der Waals surface area contributed by atoms with Crippen molar-refractivity contribution in [3.8, 4) is 0 Å². The molecule has 7 nitrogen and oxygen atoms in total. The molecule has 0 saturated carbocycles. The highest BCUT2D eigenvalue weighted by Gasteiger charge is 2.10. The van der Waals surface area contributed by atoms with E-state index in [1.165, 1.54) is 0 Å². The number of hydrogen-bond acceptors (Lipinski definition) is 4. The quantitative estimate of drug-likeness (QED) is 0.433. The van der Waals surface area contributed by atoms with Crippen molar-refractivity contribution in [1.29, 1.82) is 0 Å². The van der Waals surface area contributed by atoms with Gasteiger partial charge in [-0.25, -0.2) is 0 Å². The SMILES string of the molecule is CCNC(=O)c1cccc(NC(=O)CNc2cc(NC(=O)c3ccccc3)ccc2C)c1. The van der Waals surface area contributed by atoms with Gasteiger partial charge in [-0.15, -0.1) is 0 Å². The van der Waals surface area contributed by atoms with Gasteiger partial charge in [0, 0.05) is 34.7 Å². The maximum atomic E-state index is 12.4. The molecule has 4 N–H and O–H groups in total. The second-order valence-corrected chi connectivity index (χ2v) is 7.19. The number of benzene rings is 3. The topological polar surface area (TPSA) is 99.3 Å². The van der Waals surface area contributed by atoms with Gasteiger partial charge in [-0.2, -0.15) is 0 Å². The van der Waals surface area contributed by atoms with E-state index in [1.807, 2.05) is 44.2 Å². The molecule has 0 spiro atoms. The van der Waals surface area contributed by atoms with Gasteiger partial charge in [-0.3, -0.25) is 14.4 Å². The Balaban J connectivity index is 1.60. The molecule has 0 fully saturated rings. The largest absolute Gasteiger partial charge is 0.376 e. The summed E-state index contributed by atoms with van der Waals surface area (Å²) in [5, 5.41) is 11.5. The molecule has 0 aliphatic rings. The van der Waals surface area contributed by atoms with Crippen LogP contribution in [0.15, 0.2) is 72.8 Å². The first-order chi connectivity index (χ1) is 15.5. The van der Waals surface area contributed by atoms with E-state index in [2.05, 4.69) is 21.3 Å². The summed E-state index contributed by atoms with van der Waals surface area (Å²) in [6.07, 6.45) is 0. The molecule has 3 rings (SSSR count). The summed E-state index contributed by atoms with van der Waals surface area (Å²) in [4.78, 5) is 36.7. The molecule has 3 aromatic rings. The number of amides is 3. The van der Waals surface area contributed by atoms with Gasteiger partial charge in [0.05, 0.1) is 6.54 Å². The van der Waals surface area contributed by atoms with E-state index in [0.29, 0.717) is 29.0 Å². The number of anilines is 3. The molecular weight excluding hydrogens is 404 g/mol. The van der Waals surface area contributed by atoms with Crippen molar-refractivity contribution in [1.82, 2.24) is 5.32 Å². The van der Waals surface area contributed by atoms with Crippen LogP contribution < -0.4 is 21.3 Å². The van der Waals surface area contributed by atoms with Crippen LogP contribution in [0.3, 0.4) is 0 Å². The number of aryl methyl sites for hydroxylation is 1. The van der Waals surface area contributed by atoms with Gasteiger partial charge >= 0.3 is 0 Å². The highest BCUT2D eigenvalue weighted by molar-refractivity contribution is 6.04. The van der Waals surface area contributed by atoms with Gasteiger partial charge in [0.15, 0.2) is 0 Å². The van der Waals surface area contributed by atoms with Crippen molar-refractivity contribution < 1.29 is 14.4 Å². The van der Waals surface area contributed by atoms with E-state index in [9.17, 15) is 14.4 Å². The van der Waals surface area contributed by atoms with Crippen molar-refractivity contribution in [3.05, 3.63) is 89.5 Å². The average Bonchev–Trinajstić information content (AvgIpc) is 2.80. The summed E-state index contributed by atoms with van der Waals surface area (Å²) in [7, 11) is 0. The number of nitrogens with one attached hydrogen (secondary N) is 4. The van der Waals surface area contributed by atoms with E-state index >= 15 is 0 Å². The Morgan fingerprint density at radius 2 is 1.47 bits per heavy atom. The van der Waals surface area contributed by atoms with Gasteiger partial charge in [0.25, 0.3) is 11.8 Å². The Morgan fingerprint density at radius 3 is 2.22 bits per heavy atom. The lowest BCUT2D eigenvalue weighted by Crippen LogP contribution is -2.24. The van der Waals surface area contributed by atoms with Crippen molar-refractivity contribution in [2.24, 2.45) is 0 Å². The van der Waals surface area contributed by atoms with E-state index < -0.39 is 0 Å². The second kappa shape index (κ2) is 10.8. The second-order valence-electron chi connectivity index (χ2n) is 7.19. The van der Waals surface area contributed by atoms with Crippen LogP contribution in [0.1, 0.15) is 33.2 Å². The molecule has 0 radical (unpaired) electrons. The fraction of sp³-hybridized carbons (Fsp3) is 0.160. The van der Waals surface area contributed by atoms with Crippen LogP contribution in [0.4, 0.5) is 17.1 Å². The molecule has 7 heteroatoms. The van der Waals surface area contributed by atoms with Gasteiger partial charge in [0.2, 0.25) is 5.91 Å². The first-order valence-corrected chi connectivity index (χ1v) is 10.4. The van der Waals surface area contributed by atoms with E-state index in [0.717, 1.165) is 11.3 Å². The third-order valence-corrected chi connectivity index (χ3v) is 4.72. The Hall–Kier alpha value is -4.13. The Bertz CT molecular complexity index is 1110. The molecule has 0 aliphatic heterocycles. The molecule has 0 aromatic heterocycles. The van der Waals surface area contributed by atoms with Crippen molar-refractivity contribution in [2.45, 2.75) is 13.8 Å². The zero-order valence-electron chi connectivity index (χ0n) is 18.1. The molecule has 0 aliphatic carbocycles. The maximum Gasteiger partial charge on any atom is 0.255 e. The number of hydrogen-bond donors (Lipinski definition) is 4. The molecule has 0 bridgehead atoms. The normalized spacial score (nSPS) is 10.2. The van der Waals surface area contributed by atoms with Gasteiger partial charge < -0.3 is 21.3 Å². The van der Waals surface area contributed by atoms with Crippen molar-refractivity contribution in [3.63, 3.8) is 0 Å². The molecule has 3 amide bonds.